The highest BCUT2D eigenvalue weighted by molar-refractivity contribution is 6.05. The summed E-state index contributed by atoms with van der Waals surface area (Å²) in [6.07, 6.45) is 3.12. The standard InChI is InChI=1S/C20H24N4O3/c25-18-4-3-17(19(26)22-18)24-11-13-2-1-12(7-16(13)20(24)27)10-23-6-5-21-14-8-15(23)9-14/h1-2,7,14-15,17,21H,3-6,8-11H2,(H,22,25,26). The van der Waals surface area contributed by atoms with Crippen molar-refractivity contribution in [1.82, 2.24) is 20.4 Å². The molecule has 1 atom stereocenters. The van der Waals surface area contributed by atoms with Crippen LogP contribution >= 0.6 is 0 Å². The van der Waals surface area contributed by atoms with Gasteiger partial charge in [-0.05, 0) is 36.5 Å². The quantitative estimate of drug-likeness (QED) is 0.754. The Morgan fingerprint density at radius 3 is 2.81 bits per heavy atom. The van der Waals surface area contributed by atoms with Gasteiger partial charge < -0.3 is 10.2 Å². The Morgan fingerprint density at radius 1 is 1.15 bits per heavy atom. The van der Waals surface area contributed by atoms with Crippen LogP contribution in [0.5, 0.6) is 0 Å². The predicted octanol–water partition coefficient (Wildman–Crippen LogP) is 0.384. The molecular formula is C20H24N4O3. The molecule has 5 aliphatic rings. The molecule has 3 saturated heterocycles. The number of hydrogen-bond acceptors (Lipinski definition) is 5. The third-order valence-corrected chi connectivity index (χ3v) is 6.44. The average molecular weight is 368 g/mol. The second kappa shape index (κ2) is 6.42. The van der Waals surface area contributed by atoms with Crippen LogP contribution in [0.1, 0.15) is 47.2 Å². The third kappa shape index (κ3) is 2.95. The molecule has 0 aromatic heterocycles. The van der Waals surface area contributed by atoms with Gasteiger partial charge in [-0.3, -0.25) is 24.6 Å². The van der Waals surface area contributed by atoms with Gasteiger partial charge in [0.1, 0.15) is 6.04 Å². The lowest BCUT2D eigenvalue weighted by Crippen LogP contribution is -2.52. The lowest BCUT2D eigenvalue weighted by Gasteiger charge is -2.39. The van der Waals surface area contributed by atoms with Gasteiger partial charge in [0.25, 0.3) is 5.91 Å². The van der Waals surface area contributed by atoms with Crippen molar-refractivity contribution in [3.05, 3.63) is 34.9 Å². The number of hydrogen-bond donors (Lipinski definition) is 2. The summed E-state index contributed by atoms with van der Waals surface area (Å²) in [6.45, 7) is 3.36. The van der Waals surface area contributed by atoms with Crippen molar-refractivity contribution in [2.75, 3.05) is 13.1 Å². The van der Waals surface area contributed by atoms with Crippen molar-refractivity contribution in [3.8, 4) is 0 Å². The van der Waals surface area contributed by atoms with E-state index in [-0.39, 0.29) is 24.1 Å². The van der Waals surface area contributed by atoms with Gasteiger partial charge in [0.2, 0.25) is 11.8 Å². The SMILES string of the molecule is O=C1CCC(N2Cc3ccc(CN4CCNC5CC4C5)cc3C2=O)C(=O)N1. The summed E-state index contributed by atoms with van der Waals surface area (Å²) in [4.78, 5) is 40.6. The first-order valence-electron chi connectivity index (χ1n) is 9.82. The first-order chi connectivity index (χ1) is 13.1. The van der Waals surface area contributed by atoms with Gasteiger partial charge in [-0.1, -0.05) is 12.1 Å². The lowest BCUT2D eigenvalue weighted by atomic mass is 9.86. The van der Waals surface area contributed by atoms with Crippen molar-refractivity contribution in [1.29, 1.82) is 0 Å². The van der Waals surface area contributed by atoms with Crippen LogP contribution in [0, 0.1) is 0 Å². The molecular weight excluding hydrogens is 344 g/mol. The van der Waals surface area contributed by atoms with Crippen LogP contribution in [-0.2, 0) is 22.7 Å². The topological polar surface area (TPSA) is 81.8 Å². The fourth-order valence-corrected chi connectivity index (χ4v) is 4.79. The van der Waals surface area contributed by atoms with Crippen LogP contribution in [0.15, 0.2) is 18.2 Å². The largest absolute Gasteiger partial charge is 0.322 e. The van der Waals surface area contributed by atoms with E-state index >= 15 is 0 Å². The molecule has 1 aromatic carbocycles. The number of carbonyl (C=O) groups excluding carboxylic acids is 3. The molecule has 6 rings (SSSR count). The highest BCUT2D eigenvalue weighted by Crippen LogP contribution is 2.31. The molecule has 142 valence electrons. The number of carbonyl (C=O) groups is 3. The van der Waals surface area contributed by atoms with Gasteiger partial charge >= 0.3 is 0 Å². The molecule has 1 unspecified atom stereocenters. The first kappa shape index (κ1) is 16.9. The van der Waals surface area contributed by atoms with Gasteiger partial charge in [0.15, 0.2) is 0 Å². The molecule has 2 N–H and O–H groups in total. The number of imide groups is 1. The minimum absolute atomic E-state index is 0.0948. The van der Waals surface area contributed by atoms with E-state index in [0.717, 1.165) is 30.8 Å². The number of fused-ring (bicyclic) bond motifs is 4. The molecule has 4 fully saturated rings. The van der Waals surface area contributed by atoms with E-state index in [4.69, 9.17) is 0 Å². The fraction of sp³-hybridized carbons (Fsp3) is 0.550. The van der Waals surface area contributed by atoms with Crippen molar-refractivity contribution in [2.24, 2.45) is 0 Å². The fourth-order valence-electron chi connectivity index (χ4n) is 4.79. The number of nitrogens with zero attached hydrogens (tertiary/aromatic N) is 2. The van der Waals surface area contributed by atoms with Crippen molar-refractivity contribution < 1.29 is 14.4 Å². The Morgan fingerprint density at radius 2 is 2.00 bits per heavy atom. The molecule has 4 aliphatic heterocycles. The average Bonchev–Trinajstić information content (AvgIpc) is 2.77. The van der Waals surface area contributed by atoms with Gasteiger partial charge in [0, 0.05) is 50.2 Å². The molecule has 0 radical (unpaired) electrons. The molecule has 1 aliphatic carbocycles. The summed E-state index contributed by atoms with van der Waals surface area (Å²) in [7, 11) is 0. The Hall–Kier alpha value is -2.25. The van der Waals surface area contributed by atoms with Crippen molar-refractivity contribution >= 4 is 17.7 Å². The zero-order valence-corrected chi connectivity index (χ0v) is 15.2. The van der Waals surface area contributed by atoms with E-state index in [0.29, 0.717) is 30.6 Å². The van der Waals surface area contributed by atoms with Gasteiger partial charge in [0.05, 0.1) is 0 Å². The molecule has 4 heterocycles. The molecule has 7 nitrogen and oxygen atoms in total. The Kier molecular flexibility index (Phi) is 4.02. The number of nitrogens with one attached hydrogen (secondary N) is 2. The maximum atomic E-state index is 12.9. The van der Waals surface area contributed by atoms with Crippen LogP contribution < -0.4 is 10.6 Å². The molecule has 1 aromatic rings. The summed E-state index contributed by atoms with van der Waals surface area (Å²) in [5.41, 5.74) is 2.82. The third-order valence-electron chi connectivity index (χ3n) is 6.44. The van der Waals surface area contributed by atoms with E-state index in [1.165, 1.54) is 12.8 Å². The number of piperidine rings is 1. The van der Waals surface area contributed by atoms with Crippen LogP contribution in [0.3, 0.4) is 0 Å². The highest BCUT2D eigenvalue weighted by Gasteiger charge is 2.39. The van der Waals surface area contributed by atoms with Crippen LogP contribution in [-0.4, -0.2) is 58.7 Å². The molecule has 0 spiro atoms. The second-order valence-electron chi connectivity index (χ2n) is 8.14. The number of amides is 3. The Balaban J connectivity index is 1.32. The lowest BCUT2D eigenvalue weighted by molar-refractivity contribution is -0.136. The van der Waals surface area contributed by atoms with Gasteiger partial charge in [-0.25, -0.2) is 0 Å². The van der Waals surface area contributed by atoms with Gasteiger partial charge in [-0.2, -0.15) is 0 Å². The van der Waals surface area contributed by atoms with Crippen LogP contribution in [0.25, 0.3) is 0 Å². The van der Waals surface area contributed by atoms with E-state index in [9.17, 15) is 14.4 Å². The molecule has 3 amide bonds. The molecule has 2 bridgehead atoms. The minimum atomic E-state index is -0.547. The first-order valence-corrected chi connectivity index (χ1v) is 9.82. The normalized spacial score (nSPS) is 30.6. The minimum Gasteiger partial charge on any atom is -0.322 e. The zero-order valence-electron chi connectivity index (χ0n) is 15.2. The van der Waals surface area contributed by atoms with Crippen LogP contribution in [0.2, 0.25) is 0 Å². The molecule has 7 heteroatoms. The molecule has 27 heavy (non-hydrogen) atoms. The van der Waals surface area contributed by atoms with E-state index in [1.807, 2.05) is 12.1 Å². The van der Waals surface area contributed by atoms with Crippen LogP contribution in [0.4, 0.5) is 0 Å². The van der Waals surface area contributed by atoms with Crippen molar-refractivity contribution in [3.63, 3.8) is 0 Å². The molecule has 1 saturated carbocycles. The smallest absolute Gasteiger partial charge is 0.255 e. The summed E-state index contributed by atoms with van der Waals surface area (Å²) in [6, 6.07) is 6.91. The Bertz CT molecular complexity index is 817. The highest BCUT2D eigenvalue weighted by atomic mass is 16.2. The monoisotopic (exact) mass is 368 g/mol. The predicted molar refractivity (Wildman–Crippen MR) is 97.7 cm³/mol. The Labute approximate surface area is 158 Å². The second-order valence-corrected chi connectivity index (χ2v) is 8.14. The van der Waals surface area contributed by atoms with E-state index < -0.39 is 6.04 Å². The summed E-state index contributed by atoms with van der Waals surface area (Å²) >= 11 is 0. The number of benzene rings is 1. The summed E-state index contributed by atoms with van der Waals surface area (Å²) in [5.74, 6) is -0.709. The summed E-state index contributed by atoms with van der Waals surface area (Å²) in [5, 5.41) is 5.91. The van der Waals surface area contributed by atoms with E-state index in [2.05, 4.69) is 21.6 Å². The zero-order chi connectivity index (χ0) is 18.5. The van der Waals surface area contributed by atoms with E-state index in [1.54, 1.807) is 4.90 Å². The number of rotatable bonds is 3. The maximum absolute atomic E-state index is 12.9. The summed E-state index contributed by atoms with van der Waals surface area (Å²) < 4.78 is 0. The maximum Gasteiger partial charge on any atom is 0.255 e. The van der Waals surface area contributed by atoms with Crippen molar-refractivity contribution in [2.45, 2.75) is 56.9 Å². The van der Waals surface area contributed by atoms with Gasteiger partial charge in [-0.15, -0.1) is 0 Å².